The Morgan fingerprint density at radius 1 is 1.18 bits per heavy atom. The Balaban J connectivity index is 1.40. The van der Waals surface area contributed by atoms with Crippen molar-refractivity contribution in [2.24, 2.45) is 0 Å². The van der Waals surface area contributed by atoms with Crippen LogP contribution in [-0.2, 0) is 21.3 Å². The van der Waals surface area contributed by atoms with Crippen LogP contribution in [0.4, 0.5) is 11.5 Å². The van der Waals surface area contributed by atoms with E-state index in [9.17, 15) is 18.6 Å². The van der Waals surface area contributed by atoms with Gasteiger partial charge >= 0.3 is 0 Å². The Bertz CT molecular complexity index is 1300. The van der Waals surface area contributed by atoms with Gasteiger partial charge in [0.15, 0.2) is 11.5 Å². The van der Waals surface area contributed by atoms with Crippen molar-refractivity contribution < 1.29 is 23.4 Å². The van der Waals surface area contributed by atoms with Crippen LogP contribution < -0.4 is 16.2 Å². The fourth-order valence-electron chi connectivity index (χ4n) is 3.47. The molecule has 0 amide bonds. The summed E-state index contributed by atoms with van der Waals surface area (Å²) in [4.78, 5) is 12.1. The molecule has 176 valence electrons. The van der Waals surface area contributed by atoms with Crippen molar-refractivity contribution in [3.8, 4) is 0 Å². The van der Waals surface area contributed by atoms with E-state index in [1.54, 1.807) is 16.7 Å². The van der Waals surface area contributed by atoms with Crippen LogP contribution in [0.1, 0.15) is 5.56 Å². The maximum atomic E-state index is 12.4. The van der Waals surface area contributed by atoms with E-state index in [1.807, 2.05) is 0 Å². The fraction of sp³-hybridized carbons (Fsp3) is 0.316. The third-order valence-electron chi connectivity index (χ3n) is 5.23. The molecule has 0 radical (unpaired) electrons. The molecule has 7 N–H and O–H groups in total. The van der Waals surface area contributed by atoms with E-state index < -0.39 is 34.4 Å². The smallest absolute Gasteiger partial charge is 0.233 e. The van der Waals surface area contributed by atoms with Gasteiger partial charge in [-0.1, -0.05) is 11.6 Å². The van der Waals surface area contributed by atoms with Gasteiger partial charge in [-0.15, -0.1) is 0 Å². The summed E-state index contributed by atoms with van der Waals surface area (Å²) >= 11 is 5.91. The second-order valence-corrected chi connectivity index (χ2v) is 9.58. The quantitative estimate of drug-likeness (QED) is 0.272. The summed E-state index contributed by atoms with van der Waals surface area (Å²) in [5.74, 6) is 0.214. The van der Waals surface area contributed by atoms with E-state index in [-0.39, 0.29) is 18.9 Å². The van der Waals surface area contributed by atoms with Crippen molar-refractivity contribution in [3.63, 3.8) is 0 Å². The number of nitrogens with one attached hydrogen (secondary N) is 1. The Kier molecular flexibility index (Phi) is 6.52. The minimum atomic E-state index is -3.89. The number of sulfonamides is 1. The molecule has 0 unspecified atom stereocenters. The van der Waals surface area contributed by atoms with E-state index in [2.05, 4.69) is 19.7 Å². The highest BCUT2D eigenvalue weighted by Gasteiger charge is 2.43. The van der Waals surface area contributed by atoms with Gasteiger partial charge in [0, 0.05) is 22.7 Å². The molecular weight excluding hydrogens is 474 g/mol. The molecule has 14 heteroatoms. The number of ether oxygens (including phenoxy) is 1. The average molecular weight is 496 g/mol. The summed E-state index contributed by atoms with van der Waals surface area (Å²) in [5, 5.41) is 22.1. The van der Waals surface area contributed by atoms with Crippen LogP contribution in [-0.4, -0.2) is 69.1 Å². The van der Waals surface area contributed by atoms with Crippen molar-refractivity contribution >= 4 is 50.4 Å². The number of rotatable bonds is 7. The van der Waals surface area contributed by atoms with Gasteiger partial charge in [0.2, 0.25) is 10.0 Å². The minimum Gasteiger partial charge on any atom is -0.398 e. The third kappa shape index (κ3) is 5.08. The number of fused-ring (bicyclic) bond motifs is 1. The van der Waals surface area contributed by atoms with Crippen molar-refractivity contribution in [1.82, 2.24) is 24.2 Å². The zero-order valence-corrected chi connectivity index (χ0v) is 18.7. The lowest BCUT2D eigenvalue weighted by molar-refractivity contribution is 0.00251. The first-order valence-corrected chi connectivity index (χ1v) is 11.7. The van der Waals surface area contributed by atoms with Gasteiger partial charge in [-0.05, 0) is 29.8 Å². The van der Waals surface area contributed by atoms with Crippen LogP contribution in [0.25, 0.3) is 17.2 Å². The van der Waals surface area contributed by atoms with E-state index in [0.29, 0.717) is 27.4 Å². The Morgan fingerprint density at radius 2 is 1.94 bits per heavy atom. The zero-order chi connectivity index (χ0) is 23.8. The zero-order valence-electron chi connectivity index (χ0n) is 17.1. The number of aromatic nitrogens is 4. The van der Waals surface area contributed by atoms with Crippen LogP contribution in [0.5, 0.6) is 0 Å². The number of aliphatic hydroxyl groups is 2. The molecule has 4 rings (SSSR count). The normalized spacial score (nSPS) is 23.6. The first-order chi connectivity index (χ1) is 15.6. The predicted molar refractivity (Wildman–Crippen MR) is 122 cm³/mol. The standard InChI is InChI=1S/C19H22ClN7O5S/c20-11-1-2-12(21)10(5-11)3-4-33(30,31)26-6-13-16(28)17(29)14(32-13)7-27-9-25-15-18(22)23-8-24-19(15)27/h1-5,8-9,13-14,16-17,26,28-29H,6-7,21H2,(H2,22,23,24)/b4-3+/t13-,14+,16-,17+/m1/s1. The molecule has 3 aromatic rings. The molecule has 1 aromatic carbocycles. The highest BCUT2D eigenvalue weighted by Crippen LogP contribution is 2.24. The highest BCUT2D eigenvalue weighted by molar-refractivity contribution is 7.92. The first kappa shape index (κ1) is 23.4. The molecule has 1 aliphatic heterocycles. The summed E-state index contributed by atoms with van der Waals surface area (Å²) in [6.07, 6.45) is -0.286. The average Bonchev–Trinajstić information content (AvgIpc) is 3.30. The van der Waals surface area contributed by atoms with Crippen molar-refractivity contribution in [3.05, 3.63) is 46.8 Å². The minimum absolute atomic E-state index is 0.113. The van der Waals surface area contributed by atoms with Crippen LogP contribution in [0, 0.1) is 0 Å². The number of nitrogen functional groups attached to an aromatic ring is 2. The van der Waals surface area contributed by atoms with Gasteiger partial charge in [0.05, 0.1) is 12.9 Å². The predicted octanol–water partition coefficient (Wildman–Crippen LogP) is -0.276. The number of anilines is 2. The largest absolute Gasteiger partial charge is 0.398 e. The summed E-state index contributed by atoms with van der Waals surface area (Å²) < 4.78 is 34.4. The molecule has 33 heavy (non-hydrogen) atoms. The molecule has 1 fully saturated rings. The number of nitrogens with two attached hydrogens (primary N) is 2. The van der Waals surface area contributed by atoms with E-state index >= 15 is 0 Å². The van der Waals surface area contributed by atoms with E-state index in [0.717, 1.165) is 5.41 Å². The topological polar surface area (TPSA) is 191 Å². The molecular formula is C19H22ClN7O5S. The molecule has 0 spiro atoms. The third-order valence-corrected chi connectivity index (χ3v) is 6.53. The number of aliphatic hydroxyl groups excluding tert-OH is 2. The number of hydrogen-bond acceptors (Lipinski definition) is 10. The monoisotopic (exact) mass is 495 g/mol. The van der Waals surface area contributed by atoms with Crippen molar-refractivity contribution in [2.75, 3.05) is 18.0 Å². The number of nitrogens with zero attached hydrogens (tertiary/aromatic N) is 4. The Labute approximate surface area is 193 Å². The van der Waals surface area contributed by atoms with Crippen molar-refractivity contribution in [2.45, 2.75) is 31.0 Å². The van der Waals surface area contributed by atoms with E-state index in [1.165, 1.54) is 24.8 Å². The number of hydrogen-bond donors (Lipinski definition) is 5. The van der Waals surface area contributed by atoms with Gasteiger partial charge in [0.1, 0.15) is 36.3 Å². The summed E-state index contributed by atoms with van der Waals surface area (Å²) in [5.41, 5.74) is 13.2. The molecule has 3 heterocycles. The highest BCUT2D eigenvalue weighted by atomic mass is 35.5. The molecule has 12 nitrogen and oxygen atoms in total. The van der Waals surface area contributed by atoms with Crippen LogP contribution in [0.2, 0.25) is 5.02 Å². The van der Waals surface area contributed by atoms with Gasteiger partial charge in [-0.3, -0.25) is 0 Å². The first-order valence-electron chi connectivity index (χ1n) is 9.80. The van der Waals surface area contributed by atoms with Gasteiger partial charge in [-0.2, -0.15) is 0 Å². The lowest BCUT2D eigenvalue weighted by Crippen LogP contribution is -2.39. The second kappa shape index (κ2) is 9.21. The number of imidazole rings is 1. The Morgan fingerprint density at radius 3 is 2.73 bits per heavy atom. The fourth-order valence-corrected chi connectivity index (χ4v) is 4.47. The summed E-state index contributed by atoms with van der Waals surface area (Å²) in [6, 6.07) is 4.69. The maximum absolute atomic E-state index is 12.4. The number of halogens is 1. The number of benzene rings is 1. The Hall–Kier alpha value is -2.81. The molecule has 1 aliphatic rings. The molecule has 0 aliphatic carbocycles. The van der Waals surface area contributed by atoms with Crippen LogP contribution in [0.3, 0.4) is 0 Å². The van der Waals surface area contributed by atoms with Crippen LogP contribution >= 0.6 is 11.6 Å². The lowest BCUT2D eigenvalue weighted by Gasteiger charge is -2.15. The van der Waals surface area contributed by atoms with E-state index in [4.69, 9.17) is 27.8 Å². The molecule has 0 saturated carbocycles. The second-order valence-electron chi connectivity index (χ2n) is 7.49. The van der Waals surface area contributed by atoms with Gasteiger partial charge in [-0.25, -0.2) is 28.1 Å². The maximum Gasteiger partial charge on any atom is 0.233 e. The van der Waals surface area contributed by atoms with Crippen molar-refractivity contribution in [1.29, 1.82) is 0 Å². The molecule has 2 aromatic heterocycles. The molecule has 1 saturated heterocycles. The van der Waals surface area contributed by atoms with Crippen LogP contribution in [0.15, 0.2) is 36.3 Å². The SMILES string of the molecule is Nc1ccc(Cl)cc1/C=C/S(=O)(=O)NC[C@H]1O[C@@H](Cn2cnc3c(N)ncnc32)[C@H](O)[C@@H]1O. The van der Waals surface area contributed by atoms with Gasteiger partial charge in [0.25, 0.3) is 0 Å². The lowest BCUT2D eigenvalue weighted by atomic mass is 10.1. The summed E-state index contributed by atoms with van der Waals surface area (Å²) in [7, 11) is -3.89. The molecule has 0 bridgehead atoms. The molecule has 4 atom stereocenters. The van der Waals surface area contributed by atoms with Gasteiger partial charge < -0.3 is 31.0 Å². The summed E-state index contributed by atoms with van der Waals surface area (Å²) in [6.45, 7) is -0.144.